The van der Waals surface area contributed by atoms with Gasteiger partial charge in [-0.2, -0.15) is 4.31 Å². The summed E-state index contributed by atoms with van der Waals surface area (Å²) in [6.45, 7) is 4.43. The van der Waals surface area contributed by atoms with E-state index in [1.54, 1.807) is 6.92 Å². The van der Waals surface area contributed by atoms with Gasteiger partial charge in [-0.3, -0.25) is 0 Å². The van der Waals surface area contributed by atoms with Crippen molar-refractivity contribution in [3.63, 3.8) is 0 Å². The highest BCUT2D eigenvalue weighted by Crippen LogP contribution is 2.26. The highest BCUT2D eigenvalue weighted by Gasteiger charge is 2.31. The second kappa shape index (κ2) is 7.14. The van der Waals surface area contributed by atoms with Crippen LogP contribution in [0.25, 0.3) is 0 Å². The van der Waals surface area contributed by atoms with E-state index in [-0.39, 0.29) is 11.0 Å². The molecule has 4 nitrogen and oxygen atoms in total. The van der Waals surface area contributed by atoms with Crippen molar-refractivity contribution < 1.29 is 17.5 Å². The molecule has 0 amide bonds. The lowest BCUT2D eigenvalue weighted by Crippen LogP contribution is -2.41. The van der Waals surface area contributed by atoms with Gasteiger partial charge in [0, 0.05) is 13.1 Å². The molecule has 1 saturated heterocycles. The minimum Gasteiger partial charge on any atom is -0.490 e. The summed E-state index contributed by atoms with van der Waals surface area (Å²) in [7, 11) is -3.60. The summed E-state index contributed by atoms with van der Waals surface area (Å²) in [4.78, 5) is 0.173. The van der Waals surface area contributed by atoms with Gasteiger partial charge in [0.05, 0.1) is 4.90 Å². The number of piperidine rings is 1. The van der Waals surface area contributed by atoms with Crippen molar-refractivity contribution in [1.29, 1.82) is 0 Å². The smallest absolute Gasteiger partial charge is 0.243 e. The third-order valence-electron chi connectivity index (χ3n) is 4.48. The quantitative estimate of drug-likeness (QED) is 0.833. The lowest BCUT2D eigenvalue weighted by Gasteiger charge is -2.31. The van der Waals surface area contributed by atoms with Gasteiger partial charge in [0.2, 0.25) is 10.0 Å². The molecule has 134 valence electrons. The zero-order valence-electron chi connectivity index (χ0n) is 14.4. The fraction of sp³-hybridized carbons (Fsp3) is 0.368. The Balaban J connectivity index is 1.66. The first kappa shape index (κ1) is 17.9. The molecule has 1 aliphatic rings. The van der Waals surface area contributed by atoms with E-state index in [1.807, 2.05) is 31.2 Å². The SMILES string of the molecule is Cc1ccc(OC2CCN(S(=O)(=O)c3ccc(F)cc3C)CC2)cc1. The van der Waals surface area contributed by atoms with Crippen LogP contribution < -0.4 is 4.74 Å². The molecule has 0 bridgehead atoms. The first-order valence-corrected chi connectivity index (χ1v) is 9.80. The molecule has 0 atom stereocenters. The first-order valence-electron chi connectivity index (χ1n) is 8.36. The summed E-state index contributed by atoms with van der Waals surface area (Å²) in [6, 6.07) is 11.6. The zero-order chi connectivity index (χ0) is 18.0. The van der Waals surface area contributed by atoms with Crippen molar-refractivity contribution >= 4 is 10.0 Å². The molecule has 2 aromatic carbocycles. The standard InChI is InChI=1S/C19H22FNO3S/c1-14-3-6-17(7-4-14)24-18-9-11-21(12-10-18)25(22,23)19-8-5-16(20)13-15(19)2/h3-8,13,18H,9-12H2,1-2H3. The molecule has 3 rings (SSSR count). The van der Waals surface area contributed by atoms with Gasteiger partial charge in [-0.15, -0.1) is 0 Å². The molecule has 2 aromatic rings. The van der Waals surface area contributed by atoms with Crippen molar-refractivity contribution in [2.75, 3.05) is 13.1 Å². The van der Waals surface area contributed by atoms with Crippen molar-refractivity contribution in [1.82, 2.24) is 4.31 Å². The lowest BCUT2D eigenvalue weighted by atomic mass is 10.1. The van der Waals surface area contributed by atoms with Gasteiger partial charge in [-0.1, -0.05) is 17.7 Å². The monoisotopic (exact) mass is 363 g/mol. The largest absolute Gasteiger partial charge is 0.490 e. The molecule has 0 spiro atoms. The summed E-state index contributed by atoms with van der Waals surface area (Å²) in [5.74, 6) is 0.378. The fourth-order valence-electron chi connectivity index (χ4n) is 3.04. The number of halogens is 1. The second-order valence-electron chi connectivity index (χ2n) is 6.44. The Kier molecular flexibility index (Phi) is 5.11. The molecule has 1 aliphatic heterocycles. The summed E-state index contributed by atoms with van der Waals surface area (Å²) in [6.07, 6.45) is 1.27. The van der Waals surface area contributed by atoms with Gasteiger partial charge in [0.15, 0.2) is 0 Å². The molecule has 0 radical (unpaired) electrons. The second-order valence-corrected chi connectivity index (χ2v) is 8.35. The molecule has 25 heavy (non-hydrogen) atoms. The van der Waals surface area contributed by atoms with Gasteiger partial charge in [0.25, 0.3) is 0 Å². The Labute approximate surface area is 148 Å². The van der Waals surface area contributed by atoms with Crippen molar-refractivity contribution in [2.45, 2.75) is 37.7 Å². The number of hydrogen-bond donors (Lipinski definition) is 0. The van der Waals surface area contributed by atoms with Crippen LogP contribution in [0.1, 0.15) is 24.0 Å². The van der Waals surface area contributed by atoms with Crippen LogP contribution in [0.15, 0.2) is 47.4 Å². The van der Waals surface area contributed by atoms with E-state index in [0.717, 1.165) is 5.75 Å². The minimum atomic E-state index is -3.60. The molecule has 6 heteroatoms. The Morgan fingerprint density at radius 3 is 2.28 bits per heavy atom. The van der Waals surface area contributed by atoms with Crippen LogP contribution in [-0.2, 0) is 10.0 Å². The van der Waals surface area contributed by atoms with E-state index in [1.165, 1.54) is 28.1 Å². The number of aryl methyl sites for hydroxylation is 2. The van der Waals surface area contributed by atoms with Gasteiger partial charge < -0.3 is 4.74 Å². The molecule has 1 fully saturated rings. The van der Waals surface area contributed by atoms with Crippen molar-refractivity contribution in [3.05, 3.63) is 59.4 Å². The van der Waals surface area contributed by atoms with Crippen molar-refractivity contribution in [3.8, 4) is 5.75 Å². The number of sulfonamides is 1. The van der Waals surface area contributed by atoms with Crippen LogP contribution in [0.3, 0.4) is 0 Å². The average Bonchev–Trinajstić information content (AvgIpc) is 2.57. The van der Waals surface area contributed by atoms with Crippen LogP contribution in [-0.4, -0.2) is 31.9 Å². The van der Waals surface area contributed by atoms with Crippen LogP contribution in [0, 0.1) is 19.7 Å². The predicted molar refractivity (Wildman–Crippen MR) is 94.7 cm³/mol. The highest BCUT2D eigenvalue weighted by molar-refractivity contribution is 7.89. The molecular formula is C19H22FNO3S. The topological polar surface area (TPSA) is 46.6 Å². The first-order chi connectivity index (χ1) is 11.9. The normalized spacial score (nSPS) is 16.8. The number of benzene rings is 2. The van der Waals surface area contributed by atoms with E-state index in [9.17, 15) is 12.8 Å². The van der Waals surface area contributed by atoms with Gasteiger partial charge in [0.1, 0.15) is 17.7 Å². The maximum absolute atomic E-state index is 13.2. The van der Waals surface area contributed by atoms with E-state index < -0.39 is 15.8 Å². The summed E-state index contributed by atoms with van der Waals surface area (Å²) in [5.41, 5.74) is 1.60. The number of nitrogens with zero attached hydrogens (tertiary/aromatic N) is 1. The average molecular weight is 363 g/mol. The third-order valence-corrected chi connectivity index (χ3v) is 6.54. The van der Waals surface area contributed by atoms with Crippen LogP contribution >= 0.6 is 0 Å². The Morgan fingerprint density at radius 1 is 1.04 bits per heavy atom. The van der Waals surface area contributed by atoms with Gasteiger partial charge in [-0.05, 0) is 62.6 Å². The number of rotatable bonds is 4. The molecular weight excluding hydrogens is 341 g/mol. The van der Waals surface area contributed by atoms with E-state index >= 15 is 0 Å². The Hall–Kier alpha value is -1.92. The summed E-state index contributed by atoms with van der Waals surface area (Å²) >= 11 is 0. The van der Waals surface area contributed by atoms with E-state index in [4.69, 9.17) is 4.74 Å². The van der Waals surface area contributed by atoms with E-state index in [2.05, 4.69) is 0 Å². The van der Waals surface area contributed by atoms with Crippen LogP contribution in [0.4, 0.5) is 4.39 Å². The molecule has 0 aromatic heterocycles. The van der Waals surface area contributed by atoms with E-state index in [0.29, 0.717) is 31.5 Å². The molecule has 0 N–H and O–H groups in total. The Bertz CT molecular complexity index is 841. The predicted octanol–water partition coefficient (Wildman–Crippen LogP) is 3.67. The number of hydrogen-bond acceptors (Lipinski definition) is 3. The zero-order valence-corrected chi connectivity index (χ0v) is 15.2. The lowest BCUT2D eigenvalue weighted by molar-refractivity contribution is 0.135. The maximum atomic E-state index is 13.2. The third kappa shape index (κ3) is 4.02. The summed E-state index contributed by atoms with van der Waals surface area (Å²) in [5, 5.41) is 0. The van der Waals surface area contributed by atoms with Crippen molar-refractivity contribution in [2.24, 2.45) is 0 Å². The van der Waals surface area contributed by atoms with Crippen LogP contribution in [0.5, 0.6) is 5.75 Å². The molecule has 1 heterocycles. The fourth-order valence-corrected chi connectivity index (χ4v) is 4.72. The van der Waals surface area contributed by atoms with Crippen LogP contribution in [0.2, 0.25) is 0 Å². The minimum absolute atomic E-state index is 0.00321. The number of ether oxygens (including phenoxy) is 1. The Morgan fingerprint density at radius 2 is 1.68 bits per heavy atom. The van der Waals surface area contributed by atoms with Gasteiger partial charge in [-0.25, -0.2) is 12.8 Å². The highest BCUT2D eigenvalue weighted by atomic mass is 32.2. The summed E-state index contributed by atoms with van der Waals surface area (Å²) < 4.78 is 46.2. The maximum Gasteiger partial charge on any atom is 0.243 e. The van der Waals surface area contributed by atoms with Gasteiger partial charge >= 0.3 is 0 Å². The molecule has 0 aliphatic carbocycles. The molecule has 0 saturated carbocycles. The molecule has 0 unspecified atom stereocenters.